The summed E-state index contributed by atoms with van der Waals surface area (Å²) in [5, 5.41) is 8.01. The molecule has 0 atom stereocenters. The summed E-state index contributed by atoms with van der Waals surface area (Å²) in [6.45, 7) is 1.33. The van der Waals surface area contributed by atoms with Crippen LogP contribution in [0, 0.1) is 0 Å². The first-order chi connectivity index (χ1) is 14.5. The Kier molecular flexibility index (Phi) is 6.72. The normalized spacial score (nSPS) is 18.8. The number of sulfonamides is 1. The van der Waals surface area contributed by atoms with Crippen LogP contribution in [0.3, 0.4) is 0 Å². The lowest BCUT2D eigenvalue weighted by Crippen LogP contribution is -2.41. The van der Waals surface area contributed by atoms with Crippen LogP contribution in [-0.4, -0.2) is 51.0 Å². The van der Waals surface area contributed by atoms with E-state index in [1.54, 1.807) is 5.38 Å². The minimum absolute atomic E-state index is 0.0579. The molecule has 0 unspecified atom stereocenters. The lowest BCUT2D eigenvalue weighted by molar-refractivity contribution is 0.0730. The molecule has 7 nitrogen and oxygen atoms in total. The summed E-state index contributed by atoms with van der Waals surface area (Å²) in [4.78, 5) is 13.1. The maximum Gasteiger partial charge on any atom is 0.267 e. The van der Waals surface area contributed by atoms with Crippen molar-refractivity contribution in [2.75, 3.05) is 36.9 Å². The van der Waals surface area contributed by atoms with Crippen molar-refractivity contribution in [2.45, 2.75) is 43.0 Å². The highest BCUT2D eigenvalue weighted by atomic mass is 32.2. The molecular formula is C21H27N3O4S2. The minimum Gasteiger partial charge on any atom is -0.382 e. The number of hydrogen-bond acceptors (Lipinski definition) is 6. The Morgan fingerprint density at radius 2 is 1.67 bits per heavy atom. The molecule has 162 valence electrons. The molecule has 1 aromatic heterocycles. The first-order valence-corrected chi connectivity index (χ1v) is 12.7. The van der Waals surface area contributed by atoms with E-state index in [4.69, 9.17) is 4.74 Å². The van der Waals surface area contributed by atoms with E-state index in [0.717, 1.165) is 17.0 Å². The molecule has 1 saturated heterocycles. The van der Waals surface area contributed by atoms with Gasteiger partial charge >= 0.3 is 0 Å². The molecule has 30 heavy (non-hydrogen) atoms. The van der Waals surface area contributed by atoms with E-state index in [0.29, 0.717) is 38.0 Å². The predicted molar refractivity (Wildman–Crippen MR) is 119 cm³/mol. The van der Waals surface area contributed by atoms with Gasteiger partial charge in [0.05, 0.1) is 13.2 Å². The fourth-order valence-corrected chi connectivity index (χ4v) is 6.62. The Morgan fingerprint density at radius 1 is 1.00 bits per heavy atom. The van der Waals surface area contributed by atoms with Crippen LogP contribution in [0.2, 0.25) is 0 Å². The van der Waals surface area contributed by atoms with Crippen LogP contribution in [0.15, 0.2) is 40.6 Å². The molecule has 1 amide bonds. The van der Waals surface area contributed by atoms with Crippen molar-refractivity contribution in [2.24, 2.45) is 0 Å². The third-order valence-electron chi connectivity index (χ3n) is 5.54. The van der Waals surface area contributed by atoms with Crippen molar-refractivity contribution in [3.8, 4) is 0 Å². The maximum absolute atomic E-state index is 12.9. The number of amides is 1. The SMILES string of the molecule is O=C(Nc1ccc(NC2CCCCC2)cc1)c1sccc1S(=O)(=O)N1CCOCC1. The Balaban J connectivity index is 1.42. The smallest absolute Gasteiger partial charge is 0.267 e. The van der Waals surface area contributed by atoms with Gasteiger partial charge in [-0.2, -0.15) is 4.31 Å². The van der Waals surface area contributed by atoms with Gasteiger partial charge in [-0.1, -0.05) is 19.3 Å². The van der Waals surface area contributed by atoms with Crippen molar-refractivity contribution >= 4 is 38.6 Å². The Bertz CT molecular complexity index is 960. The number of morpholine rings is 1. The predicted octanol–water partition coefficient (Wildman–Crippen LogP) is 3.77. The minimum atomic E-state index is -3.72. The summed E-state index contributed by atoms with van der Waals surface area (Å²) >= 11 is 1.13. The van der Waals surface area contributed by atoms with Gasteiger partial charge in [-0.05, 0) is 48.6 Å². The van der Waals surface area contributed by atoms with E-state index in [-0.39, 0.29) is 9.77 Å². The lowest BCUT2D eigenvalue weighted by Gasteiger charge is -2.26. The second-order valence-electron chi connectivity index (χ2n) is 7.64. The van der Waals surface area contributed by atoms with Crippen LogP contribution in [0.5, 0.6) is 0 Å². The standard InChI is InChI=1S/C21H27N3O4S2/c25-21(20-19(10-15-29-20)30(26,27)24-11-13-28-14-12-24)23-18-8-6-17(7-9-18)22-16-4-2-1-3-5-16/h6-10,15-16,22H,1-5,11-14H2,(H,23,25). The summed E-state index contributed by atoms with van der Waals surface area (Å²) in [6, 6.07) is 9.59. The van der Waals surface area contributed by atoms with Crippen LogP contribution in [0.25, 0.3) is 0 Å². The molecular weight excluding hydrogens is 422 g/mol. The fourth-order valence-electron chi connectivity index (χ4n) is 3.91. The van der Waals surface area contributed by atoms with E-state index in [1.807, 2.05) is 24.3 Å². The molecule has 1 aromatic carbocycles. The fraction of sp³-hybridized carbons (Fsp3) is 0.476. The zero-order chi connectivity index (χ0) is 21.0. The molecule has 4 rings (SSSR count). The van der Waals surface area contributed by atoms with Gasteiger partial charge in [0.25, 0.3) is 5.91 Å². The molecule has 2 N–H and O–H groups in total. The van der Waals surface area contributed by atoms with Gasteiger partial charge in [-0.15, -0.1) is 11.3 Å². The van der Waals surface area contributed by atoms with Gasteiger partial charge in [0.1, 0.15) is 9.77 Å². The molecule has 0 spiro atoms. The highest BCUT2D eigenvalue weighted by molar-refractivity contribution is 7.89. The average molecular weight is 450 g/mol. The van der Waals surface area contributed by atoms with E-state index in [2.05, 4.69) is 10.6 Å². The Labute approximate surface area is 181 Å². The van der Waals surface area contributed by atoms with E-state index in [9.17, 15) is 13.2 Å². The second kappa shape index (κ2) is 9.47. The number of hydrogen-bond donors (Lipinski definition) is 2. The van der Waals surface area contributed by atoms with Crippen molar-refractivity contribution in [3.05, 3.63) is 40.6 Å². The van der Waals surface area contributed by atoms with Crippen LogP contribution in [0.1, 0.15) is 41.8 Å². The Hall–Kier alpha value is -1.94. The molecule has 2 heterocycles. The van der Waals surface area contributed by atoms with Gasteiger partial charge in [-0.25, -0.2) is 8.42 Å². The topological polar surface area (TPSA) is 87.7 Å². The molecule has 2 fully saturated rings. The lowest BCUT2D eigenvalue weighted by atomic mass is 9.95. The number of benzene rings is 1. The Morgan fingerprint density at radius 3 is 2.37 bits per heavy atom. The molecule has 1 aliphatic heterocycles. The molecule has 2 aliphatic rings. The number of rotatable bonds is 6. The zero-order valence-electron chi connectivity index (χ0n) is 16.8. The molecule has 1 aliphatic carbocycles. The summed E-state index contributed by atoms with van der Waals surface area (Å²) in [5.74, 6) is -0.412. The van der Waals surface area contributed by atoms with Crippen molar-refractivity contribution in [3.63, 3.8) is 0 Å². The van der Waals surface area contributed by atoms with E-state index >= 15 is 0 Å². The van der Waals surface area contributed by atoms with Crippen molar-refractivity contribution in [1.82, 2.24) is 4.31 Å². The molecule has 2 aromatic rings. The van der Waals surface area contributed by atoms with Crippen molar-refractivity contribution < 1.29 is 17.9 Å². The summed E-state index contributed by atoms with van der Waals surface area (Å²) in [7, 11) is -3.72. The quantitative estimate of drug-likeness (QED) is 0.701. The van der Waals surface area contributed by atoms with Gasteiger partial charge in [0.15, 0.2) is 0 Å². The number of nitrogens with zero attached hydrogens (tertiary/aromatic N) is 1. The number of nitrogens with one attached hydrogen (secondary N) is 2. The molecule has 0 radical (unpaired) electrons. The van der Waals surface area contributed by atoms with Crippen molar-refractivity contribution in [1.29, 1.82) is 0 Å². The summed E-state index contributed by atoms with van der Waals surface area (Å²) in [5.41, 5.74) is 1.67. The average Bonchev–Trinajstić information content (AvgIpc) is 3.28. The first kappa shape index (κ1) is 21.3. The van der Waals surface area contributed by atoms with Gasteiger partial charge in [0, 0.05) is 30.5 Å². The van der Waals surface area contributed by atoms with Gasteiger partial charge in [-0.3, -0.25) is 4.79 Å². The first-order valence-electron chi connectivity index (χ1n) is 10.4. The second-order valence-corrected chi connectivity index (χ2v) is 10.5. The number of anilines is 2. The highest BCUT2D eigenvalue weighted by Crippen LogP contribution is 2.27. The monoisotopic (exact) mass is 449 g/mol. The zero-order valence-corrected chi connectivity index (χ0v) is 18.4. The number of carbonyl (C=O) groups is 1. The number of thiophene rings is 1. The van der Waals surface area contributed by atoms with Gasteiger partial charge in [0.2, 0.25) is 10.0 Å². The maximum atomic E-state index is 12.9. The molecule has 9 heteroatoms. The van der Waals surface area contributed by atoms with Crippen LogP contribution < -0.4 is 10.6 Å². The largest absolute Gasteiger partial charge is 0.382 e. The highest BCUT2D eigenvalue weighted by Gasteiger charge is 2.31. The summed E-state index contributed by atoms with van der Waals surface area (Å²) in [6.07, 6.45) is 6.23. The summed E-state index contributed by atoms with van der Waals surface area (Å²) < 4.78 is 32.5. The van der Waals surface area contributed by atoms with Crippen LogP contribution in [0.4, 0.5) is 11.4 Å². The van der Waals surface area contributed by atoms with E-state index in [1.165, 1.54) is 42.5 Å². The molecule has 0 bridgehead atoms. The third-order valence-corrected chi connectivity index (χ3v) is 8.53. The van der Waals surface area contributed by atoms with Gasteiger partial charge < -0.3 is 15.4 Å². The van der Waals surface area contributed by atoms with Crippen LogP contribution in [-0.2, 0) is 14.8 Å². The number of ether oxygens (including phenoxy) is 1. The van der Waals surface area contributed by atoms with Crippen LogP contribution >= 0.6 is 11.3 Å². The molecule has 1 saturated carbocycles. The number of carbonyl (C=O) groups excluding carboxylic acids is 1. The third kappa shape index (κ3) is 4.85. The van der Waals surface area contributed by atoms with E-state index < -0.39 is 15.9 Å².